The van der Waals surface area contributed by atoms with Crippen LogP contribution < -0.4 is 16.4 Å². The Bertz CT molecular complexity index is 1060. The Hall–Kier alpha value is -3.71. The van der Waals surface area contributed by atoms with Gasteiger partial charge in [0.15, 0.2) is 0 Å². The Morgan fingerprint density at radius 3 is 2.52 bits per heavy atom. The molecule has 0 radical (unpaired) electrons. The largest absolute Gasteiger partial charge is 0.368 e. The van der Waals surface area contributed by atoms with E-state index in [1.165, 1.54) is 12.1 Å². The van der Waals surface area contributed by atoms with Crippen LogP contribution in [0.2, 0.25) is 0 Å². The van der Waals surface area contributed by atoms with Crippen LogP contribution >= 0.6 is 11.3 Å². The van der Waals surface area contributed by atoms with Crippen LogP contribution in [0.5, 0.6) is 0 Å². The third kappa shape index (κ3) is 5.88. The van der Waals surface area contributed by atoms with Gasteiger partial charge in [-0.3, -0.25) is 14.4 Å². The minimum Gasteiger partial charge on any atom is -0.368 e. The van der Waals surface area contributed by atoms with E-state index in [1.54, 1.807) is 35.6 Å². The second-order valence-corrected chi connectivity index (χ2v) is 7.24. The van der Waals surface area contributed by atoms with Crippen molar-refractivity contribution in [2.24, 2.45) is 5.73 Å². The second-order valence-electron chi connectivity index (χ2n) is 6.12. The van der Waals surface area contributed by atoms with E-state index in [-0.39, 0.29) is 12.5 Å². The van der Waals surface area contributed by atoms with Crippen molar-refractivity contribution in [3.05, 3.63) is 83.2 Å². The molecular formula is C22H19N3O3S. The molecule has 0 aliphatic heterocycles. The normalized spacial score (nSPS) is 10.6. The molecule has 2 aromatic carbocycles. The molecule has 1 heterocycles. The summed E-state index contributed by atoms with van der Waals surface area (Å²) in [6, 6.07) is 20.4. The van der Waals surface area contributed by atoms with Gasteiger partial charge in [-0.15, -0.1) is 11.3 Å². The van der Waals surface area contributed by atoms with Crippen LogP contribution in [0, 0.1) is 0 Å². The van der Waals surface area contributed by atoms with Gasteiger partial charge in [0, 0.05) is 27.1 Å². The quantitative estimate of drug-likeness (QED) is 0.526. The van der Waals surface area contributed by atoms with E-state index in [1.807, 2.05) is 42.5 Å². The zero-order valence-corrected chi connectivity index (χ0v) is 16.2. The number of benzene rings is 2. The Labute approximate surface area is 172 Å². The predicted octanol–water partition coefficient (Wildman–Crippen LogP) is 3.28. The van der Waals surface area contributed by atoms with Gasteiger partial charge in [0.1, 0.15) is 0 Å². The first kappa shape index (κ1) is 20.0. The van der Waals surface area contributed by atoms with Crippen molar-refractivity contribution in [3.63, 3.8) is 0 Å². The van der Waals surface area contributed by atoms with Gasteiger partial charge in [-0.2, -0.15) is 0 Å². The number of primary amides is 1. The Balaban J connectivity index is 1.61. The maximum absolute atomic E-state index is 12.2. The van der Waals surface area contributed by atoms with E-state index in [9.17, 15) is 14.4 Å². The van der Waals surface area contributed by atoms with E-state index in [0.717, 1.165) is 15.3 Å². The molecule has 0 aliphatic carbocycles. The second kappa shape index (κ2) is 9.48. The molecule has 6 nitrogen and oxygen atoms in total. The molecule has 0 aliphatic rings. The zero-order chi connectivity index (χ0) is 20.6. The fourth-order valence-electron chi connectivity index (χ4n) is 2.55. The summed E-state index contributed by atoms with van der Waals surface area (Å²) < 4.78 is 0. The lowest BCUT2D eigenvalue weighted by Crippen LogP contribution is -2.33. The smallest absolute Gasteiger partial charge is 0.251 e. The molecule has 0 spiro atoms. The number of anilines is 1. The molecule has 0 bridgehead atoms. The number of carbonyl (C=O) groups excluding carboxylic acids is 3. The summed E-state index contributed by atoms with van der Waals surface area (Å²) in [4.78, 5) is 37.0. The number of hydrogen-bond donors (Lipinski definition) is 3. The lowest BCUT2D eigenvalue weighted by Gasteiger charge is -2.06. The summed E-state index contributed by atoms with van der Waals surface area (Å²) in [5.41, 5.74) is 6.94. The van der Waals surface area contributed by atoms with Gasteiger partial charge in [0.25, 0.3) is 5.91 Å². The lowest BCUT2D eigenvalue weighted by molar-refractivity contribution is -0.117. The Kier molecular flexibility index (Phi) is 6.55. The highest BCUT2D eigenvalue weighted by atomic mass is 32.1. The first-order valence-corrected chi connectivity index (χ1v) is 9.64. The summed E-state index contributed by atoms with van der Waals surface area (Å²) in [7, 11) is 0. The van der Waals surface area contributed by atoms with E-state index >= 15 is 0 Å². The molecule has 7 heteroatoms. The number of amides is 3. The average molecular weight is 405 g/mol. The first-order valence-electron chi connectivity index (χ1n) is 8.82. The molecule has 1 aromatic heterocycles. The summed E-state index contributed by atoms with van der Waals surface area (Å²) in [5.74, 6) is -1.38. The summed E-state index contributed by atoms with van der Waals surface area (Å²) in [6.45, 7) is -0.246. The third-order valence-corrected chi connectivity index (χ3v) is 5.00. The molecule has 0 saturated carbocycles. The number of nitrogens with one attached hydrogen (secondary N) is 2. The number of thiophene rings is 1. The molecule has 0 unspecified atom stereocenters. The Morgan fingerprint density at radius 2 is 1.76 bits per heavy atom. The van der Waals surface area contributed by atoms with Crippen LogP contribution in [-0.2, 0) is 9.59 Å². The topological polar surface area (TPSA) is 101 Å². The SMILES string of the molecule is NC(=O)CNC(=O)c1cccc(NC(=O)C=Cc2ccc(-c3ccccc3)s2)c1. The van der Waals surface area contributed by atoms with Gasteiger partial charge < -0.3 is 16.4 Å². The van der Waals surface area contributed by atoms with Crippen molar-refractivity contribution in [2.75, 3.05) is 11.9 Å². The van der Waals surface area contributed by atoms with Crippen LogP contribution in [-0.4, -0.2) is 24.3 Å². The molecule has 0 fully saturated rings. The fraction of sp³-hybridized carbons (Fsp3) is 0.0455. The van der Waals surface area contributed by atoms with Gasteiger partial charge in [-0.1, -0.05) is 36.4 Å². The van der Waals surface area contributed by atoms with Gasteiger partial charge >= 0.3 is 0 Å². The number of hydrogen-bond acceptors (Lipinski definition) is 4. The molecule has 146 valence electrons. The minimum absolute atomic E-state index is 0.246. The fourth-order valence-corrected chi connectivity index (χ4v) is 3.47. The molecule has 0 saturated heterocycles. The van der Waals surface area contributed by atoms with Crippen molar-refractivity contribution >= 4 is 40.8 Å². The van der Waals surface area contributed by atoms with Gasteiger partial charge in [-0.25, -0.2) is 0 Å². The summed E-state index contributed by atoms with van der Waals surface area (Å²) >= 11 is 1.59. The van der Waals surface area contributed by atoms with Gasteiger partial charge in [0.05, 0.1) is 6.54 Å². The van der Waals surface area contributed by atoms with Crippen LogP contribution in [0.4, 0.5) is 5.69 Å². The van der Waals surface area contributed by atoms with Crippen molar-refractivity contribution < 1.29 is 14.4 Å². The van der Waals surface area contributed by atoms with Crippen LogP contribution in [0.15, 0.2) is 72.8 Å². The highest BCUT2D eigenvalue weighted by Crippen LogP contribution is 2.28. The summed E-state index contributed by atoms with van der Waals surface area (Å²) in [5, 5.41) is 5.12. The molecule has 4 N–H and O–H groups in total. The lowest BCUT2D eigenvalue weighted by atomic mass is 10.2. The van der Waals surface area contributed by atoms with Gasteiger partial charge in [0.2, 0.25) is 11.8 Å². The van der Waals surface area contributed by atoms with E-state index in [2.05, 4.69) is 10.6 Å². The third-order valence-electron chi connectivity index (χ3n) is 3.90. The van der Waals surface area contributed by atoms with Crippen LogP contribution in [0.25, 0.3) is 16.5 Å². The molecule has 3 aromatic rings. The molecule has 3 rings (SSSR count). The van der Waals surface area contributed by atoms with Gasteiger partial charge in [-0.05, 0) is 42.0 Å². The highest BCUT2D eigenvalue weighted by molar-refractivity contribution is 7.16. The summed E-state index contributed by atoms with van der Waals surface area (Å²) in [6.07, 6.45) is 3.19. The van der Waals surface area contributed by atoms with Crippen molar-refractivity contribution in [2.45, 2.75) is 0 Å². The molecule has 3 amide bonds. The molecule has 29 heavy (non-hydrogen) atoms. The van der Waals surface area contributed by atoms with Crippen molar-refractivity contribution in [3.8, 4) is 10.4 Å². The van der Waals surface area contributed by atoms with Crippen molar-refractivity contribution in [1.29, 1.82) is 0 Å². The molecule has 0 atom stereocenters. The number of nitrogens with two attached hydrogens (primary N) is 1. The first-order chi connectivity index (χ1) is 14.0. The number of carbonyl (C=O) groups is 3. The van der Waals surface area contributed by atoms with Crippen LogP contribution in [0.1, 0.15) is 15.2 Å². The maximum Gasteiger partial charge on any atom is 0.251 e. The Morgan fingerprint density at radius 1 is 0.966 bits per heavy atom. The monoisotopic (exact) mass is 405 g/mol. The zero-order valence-electron chi connectivity index (χ0n) is 15.4. The van der Waals surface area contributed by atoms with E-state index in [0.29, 0.717) is 11.3 Å². The van der Waals surface area contributed by atoms with Crippen molar-refractivity contribution in [1.82, 2.24) is 5.32 Å². The van der Waals surface area contributed by atoms with E-state index < -0.39 is 11.8 Å². The number of rotatable bonds is 7. The standard InChI is InChI=1S/C22H19N3O3S/c23-20(26)14-24-22(28)16-7-4-8-17(13-16)25-21(27)12-10-18-9-11-19(29-18)15-5-2-1-3-6-15/h1-13H,14H2,(H2,23,26)(H,24,28)(H,25,27). The minimum atomic E-state index is -0.628. The average Bonchev–Trinajstić information content (AvgIpc) is 3.20. The van der Waals surface area contributed by atoms with E-state index in [4.69, 9.17) is 5.73 Å². The molecular weight excluding hydrogens is 386 g/mol. The maximum atomic E-state index is 12.2. The predicted molar refractivity (Wildman–Crippen MR) is 115 cm³/mol. The van der Waals surface area contributed by atoms with Crippen LogP contribution in [0.3, 0.4) is 0 Å². The highest BCUT2D eigenvalue weighted by Gasteiger charge is 2.08.